The Kier molecular flexibility index (Phi) is 5.23. The van der Waals surface area contributed by atoms with E-state index in [1.54, 1.807) is 7.11 Å². The lowest BCUT2D eigenvalue weighted by molar-refractivity contribution is 0.404. The number of hydrogen-bond acceptors (Lipinski definition) is 3. The second-order valence-corrected chi connectivity index (χ2v) is 5.25. The minimum Gasteiger partial charge on any atom is -0.496 e. The zero-order valence-corrected chi connectivity index (χ0v) is 13.3. The van der Waals surface area contributed by atoms with Crippen LogP contribution in [0.5, 0.6) is 5.75 Å². The van der Waals surface area contributed by atoms with Gasteiger partial charge in [0.2, 0.25) is 0 Å². The van der Waals surface area contributed by atoms with Crippen molar-refractivity contribution in [2.45, 2.75) is 19.5 Å². The molecule has 0 fully saturated rings. The van der Waals surface area contributed by atoms with Gasteiger partial charge >= 0.3 is 0 Å². The van der Waals surface area contributed by atoms with E-state index < -0.39 is 0 Å². The number of ether oxygens (including phenoxy) is 1. The third-order valence-corrected chi connectivity index (χ3v) is 3.80. The van der Waals surface area contributed by atoms with Crippen LogP contribution < -0.4 is 15.0 Å². The Morgan fingerprint density at radius 1 is 1.10 bits per heavy atom. The third-order valence-electron chi connectivity index (χ3n) is 3.80. The molecule has 1 N–H and O–H groups in total. The summed E-state index contributed by atoms with van der Waals surface area (Å²) in [5.74, 6) is 0.925. The van der Waals surface area contributed by atoms with Gasteiger partial charge in [0.25, 0.3) is 0 Å². The first-order chi connectivity index (χ1) is 10.2. The first-order valence-corrected chi connectivity index (χ1v) is 7.26. The molecule has 0 spiro atoms. The molecule has 2 rings (SSSR count). The fourth-order valence-corrected chi connectivity index (χ4v) is 2.57. The molecule has 1 unspecified atom stereocenters. The summed E-state index contributed by atoms with van der Waals surface area (Å²) in [7, 11) is 5.81. The van der Waals surface area contributed by atoms with Crippen LogP contribution in [-0.2, 0) is 6.54 Å². The molecule has 3 nitrogen and oxygen atoms in total. The lowest BCUT2D eigenvalue weighted by Crippen LogP contribution is -2.22. The molecule has 0 saturated heterocycles. The molecule has 0 saturated carbocycles. The van der Waals surface area contributed by atoms with Gasteiger partial charge in [-0.3, -0.25) is 0 Å². The second kappa shape index (κ2) is 7.14. The van der Waals surface area contributed by atoms with E-state index in [2.05, 4.69) is 54.5 Å². The van der Waals surface area contributed by atoms with Gasteiger partial charge in [0.15, 0.2) is 0 Å². The molecule has 0 aliphatic rings. The van der Waals surface area contributed by atoms with E-state index in [9.17, 15) is 0 Å². The van der Waals surface area contributed by atoms with Gasteiger partial charge in [0, 0.05) is 30.9 Å². The van der Waals surface area contributed by atoms with Crippen LogP contribution in [0.25, 0.3) is 0 Å². The molecule has 0 heterocycles. The number of rotatable bonds is 6. The third kappa shape index (κ3) is 3.56. The predicted molar refractivity (Wildman–Crippen MR) is 89.0 cm³/mol. The predicted octanol–water partition coefficient (Wildman–Crippen LogP) is 3.61. The summed E-state index contributed by atoms with van der Waals surface area (Å²) in [4.78, 5) is 2.26. The molecule has 0 aromatic heterocycles. The van der Waals surface area contributed by atoms with Crippen molar-refractivity contribution in [3.05, 3.63) is 59.7 Å². The topological polar surface area (TPSA) is 24.5 Å². The molecule has 21 heavy (non-hydrogen) atoms. The summed E-state index contributed by atoms with van der Waals surface area (Å²) in [5, 5.41) is 3.31. The van der Waals surface area contributed by atoms with Gasteiger partial charge in [-0.15, -0.1) is 0 Å². The zero-order valence-electron chi connectivity index (χ0n) is 13.3. The van der Waals surface area contributed by atoms with E-state index in [0.29, 0.717) is 0 Å². The smallest absolute Gasteiger partial charge is 0.125 e. The number of methoxy groups -OCH3 is 1. The van der Waals surface area contributed by atoms with Crippen molar-refractivity contribution in [2.24, 2.45) is 0 Å². The normalized spacial score (nSPS) is 12.0. The van der Waals surface area contributed by atoms with Gasteiger partial charge in [-0.2, -0.15) is 0 Å². The van der Waals surface area contributed by atoms with E-state index >= 15 is 0 Å². The highest BCUT2D eigenvalue weighted by atomic mass is 16.5. The molecule has 0 aliphatic heterocycles. The summed E-state index contributed by atoms with van der Waals surface area (Å²) < 4.78 is 5.54. The van der Waals surface area contributed by atoms with Crippen molar-refractivity contribution >= 4 is 5.69 Å². The maximum absolute atomic E-state index is 5.54. The van der Waals surface area contributed by atoms with Crippen molar-refractivity contribution in [3.8, 4) is 5.75 Å². The summed E-state index contributed by atoms with van der Waals surface area (Å²) in [6.45, 7) is 3.02. The van der Waals surface area contributed by atoms with Crippen molar-refractivity contribution in [1.82, 2.24) is 5.32 Å². The van der Waals surface area contributed by atoms with Crippen LogP contribution in [0.4, 0.5) is 5.69 Å². The second-order valence-electron chi connectivity index (χ2n) is 5.25. The standard InChI is InChI=1S/C18H24N2O/c1-14(19-2)18-16(11-8-12-17(18)21-4)20(3)13-15-9-6-5-7-10-15/h5-12,14,19H,13H2,1-4H3. The maximum atomic E-state index is 5.54. The zero-order chi connectivity index (χ0) is 15.2. The number of benzene rings is 2. The molecule has 1 atom stereocenters. The molecule has 2 aromatic carbocycles. The Morgan fingerprint density at radius 2 is 1.81 bits per heavy atom. The largest absolute Gasteiger partial charge is 0.496 e. The van der Waals surface area contributed by atoms with E-state index in [0.717, 1.165) is 12.3 Å². The molecule has 0 aliphatic carbocycles. The highest BCUT2D eigenvalue weighted by molar-refractivity contribution is 5.60. The van der Waals surface area contributed by atoms with Crippen molar-refractivity contribution in [3.63, 3.8) is 0 Å². The fraction of sp³-hybridized carbons (Fsp3) is 0.333. The number of nitrogens with one attached hydrogen (secondary N) is 1. The lowest BCUT2D eigenvalue weighted by Gasteiger charge is -2.26. The molecule has 112 valence electrons. The number of anilines is 1. The Balaban J connectivity index is 2.34. The highest BCUT2D eigenvalue weighted by Gasteiger charge is 2.17. The first kappa shape index (κ1) is 15.4. The Hall–Kier alpha value is -2.00. The Labute approximate surface area is 127 Å². The molecule has 0 bridgehead atoms. The fourth-order valence-electron chi connectivity index (χ4n) is 2.57. The number of hydrogen-bond donors (Lipinski definition) is 1. The van der Waals surface area contributed by atoms with Crippen LogP contribution in [-0.4, -0.2) is 21.2 Å². The molecular formula is C18H24N2O. The minimum atomic E-state index is 0.231. The highest BCUT2D eigenvalue weighted by Crippen LogP contribution is 2.34. The number of nitrogens with zero attached hydrogens (tertiary/aromatic N) is 1. The molecule has 0 amide bonds. The van der Waals surface area contributed by atoms with Crippen molar-refractivity contribution in [2.75, 3.05) is 26.1 Å². The first-order valence-electron chi connectivity index (χ1n) is 7.26. The average Bonchev–Trinajstić information content (AvgIpc) is 2.54. The Bertz CT molecular complexity index is 569. The monoisotopic (exact) mass is 284 g/mol. The summed E-state index contributed by atoms with van der Waals surface area (Å²) in [6, 6.07) is 16.9. The van der Waals surface area contributed by atoms with E-state index in [1.165, 1.54) is 16.8 Å². The SMILES string of the molecule is CNC(C)c1c(OC)cccc1N(C)Cc1ccccc1. The van der Waals surface area contributed by atoms with Crippen LogP contribution in [0, 0.1) is 0 Å². The van der Waals surface area contributed by atoms with Crippen LogP contribution in [0.15, 0.2) is 48.5 Å². The van der Waals surface area contributed by atoms with Crippen molar-refractivity contribution in [1.29, 1.82) is 0 Å². The van der Waals surface area contributed by atoms with Crippen LogP contribution in [0.3, 0.4) is 0 Å². The van der Waals surface area contributed by atoms with Crippen LogP contribution in [0.2, 0.25) is 0 Å². The maximum Gasteiger partial charge on any atom is 0.125 e. The minimum absolute atomic E-state index is 0.231. The van der Waals surface area contributed by atoms with Crippen LogP contribution >= 0.6 is 0 Å². The van der Waals surface area contributed by atoms with Gasteiger partial charge in [0.05, 0.1) is 7.11 Å². The quantitative estimate of drug-likeness (QED) is 0.877. The van der Waals surface area contributed by atoms with E-state index in [-0.39, 0.29) is 6.04 Å². The lowest BCUT2D eigenvalue weighted by atomic mass is 10.0. The summed E-state index contributed by atoms with van der Waals surface area (Å²) in [5.41, 5.74) is 3.69. The molecule has 2 aromatic rings. The van der Waals surface area contributed by atoms with E-state index in [4.69, 9.17) is 4.74 Å². The average molecular weight is 284 g/mol. The summed E-state index contributed by atoms with van der Waals surface area (Å²) in [6.07, 6.45) is 0. The van der Waals surface area contributed by atoms with Gasteiger partial charge in [-0.05, 0) is 31.7 Å². The molecule has 0 radical (unpaired) electrons. The summed E-state index contributed by atoms with van der Waals surface area (Å²) >= 11 is 0. The van der Waals surface area contributed by atoms with Gasteiger partial charge in [-0.1, -0.05) is 36.4 Å². The van der Waals surface area contributed by atoms with Crippen molar-refractivity contribution < 1.29 is 4.74 Å². The Morgan fingerprint density at radius 3 is 2.43 bits per heavy atom. The van der Waals surface area contributed by atoms with E-state index in [1.807, 2.05) is 25.2 Å². The van der Waals surface area contributed by atoms with Crippen LogP contribution in [0.1, 0.15) is 24.1 Å². The molecule has 3 heteroatoms. The van der Waals surface area contributed by atoms with Gasteiger partial charge in [0.1, 0.15) is 5.75 Å². The molecular weight excluding hydrogens is 260 g/mol. The van der Waals surface area contributed by atoms with Gasteiger partial charge < -0.3 is 15.0 Å². The van der Waals surface area contributed by atoms with Gasteiger partial charge in [-0.25, -0.2) is 0 Å².